The number of ether oxygens (including phenoxy) is 1. The topological polar surface area (TPSA) is 29.5 Å². The molecule has 1 atom stereocenters. The van der Waals surface area contributed by atoms with Crippen LogP contribution < -0.4 is 4.74 Å². The summed E-state index contributed by atoms with van der Waals surface area (Å²) in [5, 5.41) is 15.2. The van der Waals surface area contributed by atoms with Gasteiger partial charge in [0.1, 0.15) is 18.5 Å². The average molecular weight is 349 g/mol. The lowest BCUT2D eigenvalue weighted by Gasteiger charge is -2.16. The Bertz CT molecular complexity index is 1030. The summed E-state index contributed by atoms with van der Waals surface area (Å²) < 4.78 is 6.10. The standard InChI is InChI=1S/C22H17ClO2/c23-18-11-10-17-12-16-8-4-5-9-19(16)22(20(17)13-18)25-14-21(24)15-6-2-1-3-7-15/h1-13,21,24H,14H2. The predicted molar refractivity (Wildman–Crippen MR) is 103 cm³/mol. The fourth-order valence-electron chi connectivity index (χ4n) is 3.08. The van der Waals surface area contributed by atoms with Crippen molar-refractivity contribution < 1.29 is 9.84 Å². The molecule has 0 saturated heterocycles. The SMILES string of the molecule is OC(COc1c2ccccc2cc2ccc(Cl)cc12)c1ccccc1. The third kappa shape index (κ3) is 3.19. The number of hydrogen-bond donors (Lipinski definition) is 1. The van der Waals surface area contributed by atoms with E-state index in [4.69, 9.17) is 16.3 Å². The van der Waals surface area contributed by atoms with Crippen molar-refractivity contribution in [2.75, 3.05) is 6.61 Å². The Hall–Kier alpha value is -2.55. The minimum atomic E-state index is -0.686. The van der Waals surface area contributed by atoms with Crippen molar-refractivity contribution in [2.24, 2.45) is 0 Å². The summed E-state index contributed by atoms with van der Waals surface area (Å²) in [4.78, 5) is 0. The second-order valence-electron chi connectivity index (χ2n) is 6.03. The molecular weight excluding hydrogens is 332 g/mol. The van der Waals surface area contributed by atoms with Crippen LogP contribution in [-0.2, 0) is 0 Å². The van der Waals surface area contributed by atoms with Gasteiger partial charge in [-0.15, -0.1) is 0 Å². The maximum atomic E-state index is 10.4. The van der Waals surface area contributed by atoms with Crippen LogP contribution in [0.25, 0.3) is 21.5 Å². The molecule has 0 aliphatic carbocycles. The molecule has 4 aromatic rings. The summed E-state index contributed by atoms with van der Waals surface area (Å²) in [6, 6.07) is 25.5. The summed E-state index contributed by atoms with van der Waals surface area (Å²) >= 11 is 6.20. The predicted octanol–water partition coefficient (Wildman–Crippen LogP) is 5.76. The van der Waals surface area contributed by atoms with E-state index in [9.17, 15) is 5.11 Å². The molecule has 0 aromatic heterocycles. The number of aliphatic hydroxyl groups is 1. The molecule has 0 fully saturated rings. The number of halogens is 1. The second-order valence-corrected chi connectivity index (χ2v) is 6.47. The van der Waals surface area contributed by atoms with Gasteiger partial charge in [0.15, 0.2) is 0 Å². The summed E-state index contributed by atoms with van der Waals surface area (Å²) in [5.41, 5.74) is 0.838. The zero-order chi connectivity index (χ0) is 17.2. The van der Waals surface area contributed by atoms with Gasteiger partial charge >= 0.3 is 0 Å². The molecule has 1 unspecified atom stereocenters. The summed E-state index contributed by atoms with van der Waals surface area (Å²) in [6.45, 7) is 0.180. The van der Waals surface area contributed by atoms with Gasteiger partial charge in [-0.3, -0.25) is 0 Å². The van der Waals surface area contributed by atoms with E-state index < -0.39 is 6.10 Å². The monoisotopic (exact) mass is 348 g/mol. The third-order valence-corrected chi connectivity index (χ3v) is 4.58. The van der Waals surface area contributed by atoms with Crippen LogP contribution in [0.4, 0.5) is 0 Å². The van der Waals surface area contributed by atoms with Crippen LogP contribution in [-0.4, -0.2) is 11.7 Å². The van der Waals surface area contributed by atoms with E-state index in [1.807, 2.05) is 66.7 Å². The lowest BCUT2D eigenvalue weighted by Crippen LogP contribution is -2.10. The third-order valence-electron chi connectivity index (χ3n) is 4.35. The van der Waals surface area contributed by atoms with E-state index >= 15 is 0 Å². The number of hydrogen-bond acceptors (Lipinski definition) is 2. The molecule has 0 amide bonds. The highest BCUT2D eigenvalue weighted by Gasteiger charge is 2.13. The Morgan fingerprint density at radius 2 is 1.52 bits per heavy atom. The first kappa shape index (κ1) is 15.9. The smallest absolute Gasteiger partial charge is 0.135 e. The van der Waals surface area contributed by atoms with Crippen molar-refractivity contribution in [1.82, 2.24) is 0 Å². The molecule has 25 heavy (non-hydrogen) atoms. The van der Waals surface area contributed by atoms with Gasteiger partial charge in [-0.2, -0.15) is 0 Å². The van der Waals surface area contributed by atoms with Gasteiger partial charge in [-0.05, 0) is 34.5 Å². The Labute approximate surface area is 151 Å². The maximum absolute atomic E-state index is 10.4. The van der Waals surface area contributed by atoms with Gasteiger partial charge in [-0.1, -0.05) is 72.3 Å². The van der Waals surface area contributed by atoms with Crippen molar-refractivity contribution in [3.8, 4) is 5.75 Å². The number of rotatable bonds is 4. The molecule has 0 saturated carbocycles. The first-order valence-corrected chi connectivity index (χ1v) is 8.57. The molecule has 4 aromatic carbocycles. The van der Waals surface area contributed by atoms with E-state index in [0.29, 0.717) is 5.02 Å². The van der Waals surface area contributed by atoms with Gasteiger partial charge in [0, 0.05) is 15.8 Å². The molecule has 2 nitrogen and oxygen atoms in total. The van der Waals surface area contributed by atoms with Crippen molar-refractivity contribution in [3.05, 3.63) is 89.4 Å². The van der Waals surface area contributed by atoms with Gasteiger partial charge in [0.25, 0.3) is 0 Å². The highest BCUT2D eigenvalue weighted by atomic mass is 35.5. The largest absolute Gasteiger partial charge is 0.489 e. The van der Waals surface area contributed by atoms with Crippen molar-refractivity contribution in [1.29, 1.82) is 0 Å². The van der Waals surface area contributed by atoms with E-state index in [1.165, 1.54) is 0 Å². The zero-order valence-electron chi connectivity index (χ0n) is 13.5. The van der Waals surface area contributed by atoms with E-state index in [0.717, 1.165) is 32.9 Å². The van der Waals surface area contributed by atoms with Crippen molar-refractivity contribution in [3.63, 3.8) is 0 Å². The lowest BCUT2D eigenvalue weighted by atomic mass is 10.0. The maximum Gasteiger partial charge on any atom is 0.135 e. The molecule has 0 spiro atoms. The van der Waals surface area contributed by atoms with Crippen LogP contribution in [0, 0.1) is 0 Å². The van der Waals surface area contributed by atoms with Crippen LogP contribution in [0.1, 0.15) is 11.7 Å². The van der Waals surface area contributed by atoms with Gasteiger partial charge < -0.3 is 9.84 Å². The first-order chi connectivity index (χ1) is 12.2. The Morgan fingerprint density at radius 3 is 2.36 bits per heavy atom. The lowest BCUT2D eigenvalue weighted by molar-refractivity contribution is 0.110. The molecule has 124 valence electrons. The minimum Gasteiger partial charge on any atom is -0.489 e. The molecule has 3 heteroatoms. The molecule has 0 aliphatic rings. The quantitative estimate of drug-likeness (QED) is 0.475. The van der Waals surface area contributed by atoms with Gasteiger partial charge in [0.05, 0.1) is 0 Å². The molecular formula is C22H17ClO2. The fraction of sp³-hybridized carbons (Fsp3) is 0.0909. The van der Waals surface area contributed by atoms with Crippen molar-refractivity contribution in [2.45, 2.75) is 6.10 Å². The summed E-state index contributed by atoms with van der Waals surface area (Å²) in [5.74, 6) is 0.755. The van der Waals surface area contributed by atoms with Crippen molar-refractivity contribution >= 4 is 33.1 Å². The minimum absolute atomic E-state index is 0.180. The fourth-order valence-corrected chi connectivity index (χ4v) is 3.25. The highest BCUT2D eigenvalue weighted by Crippen LogP contribution is 2.36. The Morgan fingerprint density at radius 1 is 0.800 bits per heavy atom. The average Bonchev–Trinajstić information content (AvgIpc) is 2.66. The summed E-state index contributed by atoms with van der Waals surface area (Å²) in [6.07, 6.45) is -0.686. The Kier molecular flexibility index (Phi) is 4.31. The molecule has 0 bridgehead atoms. The normalized spacial score (nSPS) is 12.4. The van der Waals surface area contributed by atoms with E-state index in [2.05, 4.69) is 12.1 Å². The first-order valence-electron chi connectivity index (χ1n) is 8.19. The number of aliphatic hydroxyl groups excluding tert-OH is 1. The zero-order valence-corrected chi connectivity index (χ0v) is 14.3. The van der Waals surface area contributed by atoms with Crippen LogP contribution in [0.15, 0.2) is 78.9 Å². The molecule has 4 rings (SSSR count). The molecule has 1 N–H and O–H groups in total. The summed E-state index contributed by atoms with van der Waals surface area (Å²) in [7, 11) is 0. The second kappa shape index (κ2) is 6.75. The van der Waals surface area contributed by atoms with Crippen LogP contribution in [0.5, 0.6) is 5.75 Å². The van der Waals surface area contributed by atoms with E-state index in [1.54, 1.807) is 0 Å². The Balaban J connectivity index is 1.77. The van der Waals surface area contributed by atoms with Gasteiger partial charge in [-0.25, -0.2) is 0 Å². The van der Waals surface area contributed by atoms with Gasteiger partial charge in [0.2, 0.25) is 0 Å². The van der Waals surface area contributed by atoms with Crippen LogP contribution in [0.2, 0.25) is 5.02 Å². The number of fused-ring (bicyclic) bond motifs is 2. The molecule has 0 aliphatic heterocycles. The van der Waals surface area contributed by atoms with Crippen LogP contribution >= 0.6 is 11.6 Å². The highest BCUT2D eigenvalue weighted by molar-refractivity contribution is 6.31. The molecule has 0 radical (unpaired) electrons. The van der Waals surface area contributed by atoms with Crippen LogP contribution in [0.3, 0.4) is 0 Å². The number of benzene rings is 4. The van der Waals surface area contributed by atoms with E-state index in [-0.39, 0.29) is 6.61 Å². The molecule has 0 heterocycles.